The fourth-order valence-corrected chi connectivity index (χ4v) is 1.46. The molecule has 16 heavy (non-hydrogen) atoms. The molecule has 84 valence electrons. The van der Waals surface area contributed by atoms with Gasteiger partial charge in [0, 0.05) is 16.6 Å². The standard InChI is InChI=1S/C11H12ClN3O/c1-7(2)13-11-14-10(15-16-11)8-4-3-5-9(12)6-8/h3-7H,1-2H3,(H,13,14,15). The van der Waals surface area contributed by atoms with Gasteiger partial charge in [-0.2, -0.15) is 4.98 Å². The number of hydrogen-bond acceptors (Lipinski definition) is 4. The van der Waals surface area contributed by atoms with E-state index in [4.69, 9.17) is 16.1 Å². The van der Waals surface area contributed by atoms with Crippen LogP contribution in [0.1, 0.15) is 13.8 Å². The van der Waals surface area contributed by atoms with Crippen molar-refractivity contribution in [2.45, 2.75) is 19.9 Å². The minimum absolute atomic E-state index is 0.257. The van der Waals surface area contributed by atoms with Crippen LogP contribution < -0.4 is 5.32 Å². The Labute approximate surface area is 98.6 Å². The molecule has 4 nitrogen and oxygen atoms in total. The molecule has 0 fully saturated rings. The van der Waals surface area contributed by atoms with Crippen LogP contribution in [0.25, 0.3) is 11.4 Å². The molecule has 0 amide bonds. The summed E-state index contributed by atoms with van der Waals surface area (Å²) in [6.07, 6.45) is 0. The summed E-state index contributed by atoms with van der Waals surface area (Å²) in [7, 11) is 0. The number of aromatic nitrogens is 2. The van der Waals surface area contributed by atoms with Crippen molar-refractivity contribution in [3.63, 3.8) is 0 Å². The van der Waals surface area contributed by atoms with Gasteiger partial charge in [0.2, 0.25) is 5.82 Å². The van der Waals surface area contributed by atoms with Crippen molar-refractivity contribution < 1.29 is 4.52 Å². The van der Waals surface area contributed by atoms with Gasteiger partial charge in [-0.05, 0) is 26.0 Å². The van der Waals surface area contributed by atoms with Crippen molar-refractivity contribution >= 4 is 17.6 Å². The van der Waals surface area contributed by atoms with Crippen molar-refractivity contribution in [2.75, 3.05) is 5.32 Å². The molecule has 0 atom stereocenters. The van der Waals surface area contributed by atoms with E-state index in [1.54, 1.807) is 12.1 Å². The molecule has 2 rings (SSSR count). The predicted octanol–water partition coefficient (Wildman–Crippen LogP) is 3.21. The number of benzene rings is 1. The van der Waals surface area contributed by atoms with Crippen LogP contribution in [0.15, 0.2) is 28.8 Å². The smallest absolute Gasteiger partial charge is 0.321 e. The Morgan fingerprint density at radius 3 is 2.88 bits per heavy atom. The molecule has 1 aromatic heterocycles. The molecule has 0 bridgehead atoms. The molecule has 1 heterocycles. The molecule has 0 saturated carbocycles. The molecule has 1 aromatic carbocycles. The average molecular weight is 238 g/mol. The zero-order chi connectivity index (χ0) is 11.5. The van der Waals surface area contributed by atoms with Crippen molar-refractivity contribution in [1.82, 2.24) is 10.1 Å². The van der Waals surface area contributed by atoms with Crippen molar-refractivity contribution in [3.8, 4) is 11.4 Å². The van der Waals surface area contributed by atoms with E-state index in [2.05, 4.69) is 15.5 Å². The lowest BCUT2D eigenvalue weighted by atomic mass is 10.2. The van der Waals surface area contributed by atoms with Crippen molar-refractivity contribution in [1.29, 1.82) is 0 Å². The van der Waals surface area contributed by atoms with E-state index in [9.17, 15) is 0 Å². The maximum Gasteiger partial charge on any atom is 0.321 e. The fraction of sp³-hybridized carbons (Fsp3) is 0.273. The van der Waals surface area contributed by atoms with E-state index < -0.39 is 0 Å². The summed E-state index contributed by atoms with van der Waals surface area (Å²) in [5.74, 6) is 0.533. The van der Waals surface area contributed by atoms with Gasteiger partial charge >= 0.3 is 6.01 Å². The first kappa shape index (κ1) is 11.0. The lowest BCUT2D eigenvalue weighted by Crippen LogP contribution is -2.09. The molecule has 5 heteroatoms. The Hall–Kier alpha value is -1.55. The lowest BCUT2D eigenvalue weighted by molar-refractivity contribution is 0.429. The minimum atomic E-state index is 0.257. The Balaban J connectivity index is 2.24. The minimum Gasteiger partial charge on any atom is -0.336 e. The van der Waals surface area contributed by atoms with Gasteiger partial charge in [0.15, 0.2) is 0 Å². The number of anilines is 1. The Morgan fingerprint density at radius 1 is 1.38 bits per heavy atom. The quantitative estimate of drug-likeness (QED) is 0.891. The molecule has 0 unspecified atom stereocenters. The highest BCUT2D eigenvalue weighted by atomic mass is 35.5. The van der Waals surface area contributed by atoms with Gasteiger partial charge in [0.05, 0.1) is 0 Å². The van der Waals surface area contributed by atoms with E-state index in [-0.39, 0.29) is 6.04 Å². The van der Waals surface area contributed by atoms with E-state index in [0.717, 1.165) is 5.56 Å². The zero-order valence-corrected chi connectivity index (χ0v) is 9.82. The number of nitrogens with zero attached hydrogens (tertiary/aromatic N) is 2. The zero-order valence-electron chi connectivity index (χ0n) is 9.07. The summed E-state index contributed by atoms with van der Waals surface area (Å²) < 4.78 is 5.05. The molecular weight excluding hydrogens is 226 g/mol. The molecule has 0 aliphatic rings. The van der Waals surface area contributed by atoms with Crippen LogP contribution in [0.2, 0.25) is 5.02 Å². The summed E-state index contributed by atoms with van der Waals surface area (Å²) in [6.45, 7) is 4.01. The van der Waals surface area contributed by atoms with Gasteiger partial charge in [0.25, 0.3) is 0 Å². The van der Waals surface area contributed by atoms with Gasteiger partial charge < -0.3 is 9.84 Å². The summed E-state index contributed by atoms with van der Waals surface area (Å²) in [4.78, 5) is 4.21. The molecule has 0 saturated heterocycles. The SMILES string of the molecule is CC(C)Nc1nc(-c2cccc(Cl)c2)no1. The van der Waals surface area contributed by atoms with Crippen LogP contribution in [-0.2, 0) is 0 Å². The Bertz CT molecular complexity index is 482. The first-order valence-corrected chi connectivity index (χ1v) is 5.39. The summed E-state index contributed by atoms with van der Waals surface area (Å²) >= 11 is 5.88. The predicted molar refractivity (Wildman–Crippen MR) is 63.5 cm³/mol. The van der Waals surface area contributed by atoms with Crippen LogP contribution in [0.5, 0.6) is 0 Å². The molecule has 0 aliphatic heterocycles. The third kappa shape index (κ3) is 2.52. The van der Waals surface area contributed by atoms with E-state index in [1.165, 1.54) is 0 Å². The van der Waals surface area contributed by atoms with Crippen LogP contribution >= 0.6 is 11.6 Å². The molecule has 1 N–H and O–H groups in total. The Morgan fingerprint density at radius 2 is 2.19 bits per heavy atom. The number of rotatable bonds is 3. The highest BCUT2D eigenvalue weighted by Gasteiger charge is 2.08. The second kappa shape index (κ2) is 4.53. The van der Waals surface area contributed by atoms with Gasteiger partial charge in [-0.25, -0.2) is 0 Å². The van der Waals surface area contributed by atoms with E-state index in [0.29, 0.717) is 16.9 Å². The van der Waals surface area contributed by atoms with Gasteiger partial charge in [-0.15, -0.1) is 0 Å². The maximum absolute atomic E-state index is 5.88. The lowest BCUT2D eigenvalue weighted by Gasteiger charge is -2.01. The number of nitrogens with one attached hydrogen (secondary N) is 1. The molecule has 0 radical (unpaired) electrons. The summed E-state index contributed by atoms with van der Waals surface area (Å²) in [6, 6.07) is 8.02. The second-order valence-electron chi connectivity index (χ2n) is 3.73. The van der Waals surface area contributed by atoms with Crippen molar-refractivity contribution in [2.24, 2.45) is 0 Å². The fourth-order valence-electron chi connectivity index (χ4n) is 1.27. The first-order chi connectivity index (χ1) is 7.65. The summed E-state index contributed by atoms with van der Waals surface area (Å²) in [5, 5.41) is 7.56. The van der Waals surface area contributed by atoms with Crippen LogP contribution in [0.4, 0.5) is 6.01 Å². The van der Waals surface area contributed by atoms with Gasteiger partial charge in [-0.3, -0.25) is 0 Å². The van der Waals surface area contributed by atoms with Gasteiger partial charge in [-0.1, -0.05) is 28.9 Å². The van der Waals surface area contributed by atoms with Crippen molar-refractivity contribution in [3.05, 3.63) is 29.3 Å². The number of halogens is 1. The molecule has 2 aromatic rings. The van der Waals surface area contributed by atoms with Crippen LogP contribution in [0, 0.1) is 0 Å². The first-order valence-electron chi connectivity index (χ1n) is 5.01. The highest BCUT2D eigenvalue weighted by molar-refractivity contribution is 6.30. The molecule has 0 aliphatic carbocycles. The van der Waals surface area contributed by atoms with Gasteiger partial charge in [0.1, 0.15) is 0 Å². The summed E-state index contributed by atoms with van der Waals surface area (Å²) in [5.41, 5.74) is 0.841. The third-order valence-corrected chi connectivity index (χ3v) is 2.16. The van der Waals surface area contributed by atoms with E-state index >= 15 is 0 Å². The Kier molecular flexibility index (Phi) is 3.10. The topological polar surface area (TPSA) is 51.0 Å². The monoisotopic (exact) mass is 237 g/mol. The highest BCUT2D eigenvalue weighted by Crippen LogP contribution is 2.21. The second-order valence-corrected chi connectivity index (χ2v) is 4.17. The normalized spacial score (nSPS) is 10.8. The molecular formula is C11H12ClN3O. The largest absolute Gasteiger partial charge is 0.336 e. The molecule has 0 spiro atoms. The van der Waals surface area contributed by atoms with Crippen LogP contribution in [0.3, 0.4) is 0 Å². The van der Waals surface area contributed by atoms with Crippen LogP contribution in [-0.4, -0.2) is 16.2 Å². The number of hydrogen-bond donors (Lipinski definition) is 1. The maximum atomic E-state index is 5.88. The average Bonchev–Trinajstić information content (AvgIpc) is 2.65. The van der Waals surface area contributed by atoms with E-state index in [1.807, 2.05) is 26.0 Å². The third-order valence-electron chi connectivity index (χ3n) is 1.92.